The number of benzene rings is 2. The lowest BCUT2D eigenvalue weighted by Crippen LogP contribution is -2.47. The van der Waals surface area contributed by atoms with Crippen LogP contribution in [0.3, 0.4) is 0 Å². The molecule has 3 N–H and O–H groups in total. The summed E-state index contributed by atoms with van der Waals surface area (Å²) >= 11 is 1.73. The number of rotatable bonds is 9. The number of piperidine rings is 1. The number of aliphatic imine (C=N–C) groups is 1. The number of hydrogen-bond donors (Lipinski definition) is 3. The molecule has 8 nitrogen and oxygen atoms in total. The Hall–Kier alpha value is -3.06. The van der Waals surface area contributed by atoms with Gasteiger partial charge in [-0.05, 0) is 60.5 Å². The van der Waals surface area contributed by atoms with Gasteiger partial charge in [-0.1, -0.05) is 30.1 Å². The van der Waals surface area contributed by atoms with Gasteiger partial charge in [-0.3, -0.25) is 14.1 Å². The number of amidine groups is 1. The Balaban J connectivity index is 1.14. The molecule has 208 valence electrons. The minimum atomic E-state index is -4.80. The van der Waals surface area contributed by atoms with Crippen molar-refractivity contribution in [2.75, 3.05) is 25.4 Å². The highest BCUT2D eigenvalue weighted by molar-refractivity contribution is 7.97. The number of aliphatic hydroxyl groups excluding tert-OH is 2. The molecule has 1 atom stereocenters. The second-order valence-corrected chi connectivity index (χ2v) is 10.9. The van der Waals surface area contributed by atoms with E-state index in [4.69, 9.17) is 5.11 Å². The first-order valence-electron chi connectivity index (χ1n) is 12.7. The third kappa shape index (κ3) is 6.40. The Kier molecular flexibility index (Phi) is 7.90. The first kappa shape index (κ1) is 27.5. The average Bonchev–Trinajstić information content (AvgIpc) is 3.44. The van der Waals surface area contributed by atoms with Gasteiger partial charge >= 0.3 is 6.36 Å². The number of amides is 1. The highest BCUT2D eigenvalue weighted by atomic mass is 32.2. The zero-order chi connectivity index (χ0) is 27.6. The van der Waals surface area contributed by atoms with E-state index < -0.39 is 18.0 Å². The Labute approximate surface area is 227 Å². The van der Waals surface area contributed by atoms with Gasteiger partial charge < -0.3 is 24.8 Å². The lowest BCUT2D eigenvalue weighted by molar-refractivity contribution is -0.274. The fourth-order valence-electron chi connectivity index (χ4n) is 4.96. The lowest BCUT2D eigenvalue weighted by Gasteiger charge is -2.34. The SMILES string of the molecule is O=C1NC(c2cccc(OC(F)(F)F)c2)=NC12CCN(SCCc1ccc3c(ccn3C[C@H](O)CO)c1)CC2. The summed E-state index contributed by atoms with van der Waals surface area (Å²) in [5, 5.41) is 22.7. The molecule has 0 saturated carbocycles. The van der Waals surface area contributed by atoms with Gasteiger partial charge in [0.15, 0.2) is 0 Å². The number of carbonyl (C=O) groups excluding carboxylic acids is 1. The van der Waals surface area contributed by atoms with E-state index in [9.17, 15) is 23.1 Å². The van der Waals surface area contributed by atoms with Crippen LogP contribution in [0.5, 0.6) is 5.75 Å². The molecule has 1 saturated heterocycles. The highest BCUT2D eigenvalue weighted by Crippen LogP contribution is 2.34. The lowest BCUT2D eigenvalue weighted by atomic mass is 9.89. The predicted octanol–water partition coefficient (Wildman–Crippen LogP) is 3.50. The summed E-state index contributed by atoms with van der Waals surface area (Å²) in [6.07, 6.45) is -1.77. The molecule has 1 amide bonds. The number of alkyl halides is 3. The van der Waals surface area contributed by atoms with E-state index in [2.05, 4.69) is 31.5 Å². The van der Waals surface area contributed by atoms with Gasteiger partial charge in [-0.2, -0.15) is 0 Å². The van der Waals surface area contributed by atoms with Crippen LogP contribution in [-0.2, 0) is 17.8 Å². The maximum atomic E-state index is 12.8. The van der Waals surface area contributed by atoms with Crippen LogP contribution >= 0.6 is 11.9 Å². The molecule has 3 aromatic rings. The third-order valence-electron chi connectivity index (χ3n) is 6.99. The minimum absolute atomic E-state index is 0.226. The minimum Gasteiger partial charge on any atom is -0.406 e. The molecule has 1 aromatic heterocycles. The van der Waals surface area contributed by atoms with Crippen molar-refractivity contribution in [2.45, 2.75) is 43.8 Å². The van der Waals surface area contributed by atoms with Crippen LogP contribution in [0.25, 0.3) is 10.9 Å². The van der Waals surface area contributed by atoms with Gasteiger partial charge in [0.05, 0.1) is 19.3 Å². The van der Waals surface area contributed by atoms with Crippen LogP contribution in [0.2, 0.25) is 0 Å². The molecular formula is C27H29F3N4O4S. The largest absolute Gasteiger partial charge is 0.573 e. The number of nitrogens with zero attached hydrogens (tertiary/aromatic N) is 3. The van der Waals surface area contributed by atoms with Gasteiger partial charge in [0, 0.05) is 36.1 Å². The van der Waals surface area contributed by atoms with Crippen molar-refractivity contribution in [1.29, 1.82) is 0 Å². The number of fused-ring (bicyclic) bond motifs is 1. The summed E-state index contributed by atoms with van der Waals surface area (Å²) in [6, 6.07) is 13.7. The summed E-state index contributed by atoms with van der Waals surface area (Å²) in [7, 11) is 0. The molecule has 39 heavy (non-hydrogen) atoms. The monoisotopic (exact) mass is 562 g/mol. The van der Waals surface area contributed by atoms with Crippen molar-refractivity contribution < 1.29 is 32.9 Å². The van der Waals surface area contributed by atoms with E-state index in [1.54, 1.807) is 18.0 Å². The van der Waals surface area contributed by atoms with E-state index in [0.717, 1.165) is 23.1 Å². The maximum Gasteiger partial charge on any atom is 0.573 e. The van der Waals surface area contributed by atoms with Crippen LogP contribution in [0, 0.1) is 0 Å². The molecule has 0 aliphatic carbocycles. The number of hydrogen-bond acceptors (Lipinski definition) is 7. The molecular weight excluding hydrogens is 533 g/mol. The van der Waals surface area contributed by atoms with E-state index >= 15 is 0 Å². The smallest absolute Gasteiger partial charge is 0.406 e. The Bertz CT molecular complexity index is 1370. The van der Waals surface area contributed by atoms with Crippen molar-refractivity contribution >= 4 is 34.6 Å². The molecule has 12 heteroatoms. The summed E-state index contributed by atoms with van der Waals surface area (Å²) in [5.74, 6) is 0.552. The van der Waals surface area contributed by atoms with Crippen LogP contribution < -0.4 is 10.1 Å². The summed E-state index contributed by atoms with van der Waals surface area (Å²) < 4.78 is 45.9. The number of nitrogens with one attached hydrogen (secondary N) is 1. The number of halogens is 3. The third-order valence-corrected chi connectivity index (χ3v) is 8.11. The van der Waals surface area contributed by atoms with E-state index in [0.29, 0.717) is 38.0 Å². The van der Waals surface area contributed by atoms with Gasteiger partial charge in [0.2, 0.25) is 0 Å². The molecule has 2 aliphatic rings. The Morgan fingerprint density at radius 3 is 2.69 bits per heavy atom. The highest BCUT2D eigenvalue weighted by Gasteiger charge is 2.46. The second kappa shape index (κ2) is 11.2. The molecule has 2 aliphatic heterocycles. The predicted molar refractivity (Wildman–Crippen MR) is 143 cm³/mol. The van der Waals surface area contributed by atoms with Gasteiger partial charge in [0.25, 0.3) is 5.91 Å². The van der Waals surface area contributed by atoms with E-state index in [1.165, 1.54) is 23.8 Å². The fraction of sp³-hybridized carbons (Fsp3) is 0.407. The summed E-state index contributed by atoms with van der Waals surface area (Å²) in [4.78, 5) is 17.5. The maximum absolute atomic E-state index is 12.8. The van der Waals surface area contributed by atoms with Crippen LogP contribution in [0.4, 0.5) is 13.2 Å². The van der Waals surface area contributed by atoms with Crippen molar-refractivity contribution in [3.63, 3.8) is 0 Å². The van der Waals surface area contributed by atoms with Crippen LogP contribution in [0.1, 0.15) is 24.0 Å². The van der Waals surface area contributed by atoms with Crippen LogP contribution in [-0.4, -0.2) is 74.3 Å². The zero-order valence-corrected chi connectivity index (χ0v) is 21.8. The second-order valence-electron chi connectivity index (χ2n) is 9.73. The number of carbonyl (C=O) groups is 1. The fourth-order valence-corrected chi connectivity index (χ4v) is 5.99. The quantitative estimate of drug-likeness (QED) is 0.346. The van der Waals surface area contributed by atoms with Gasteiger partial charge in [-0.25, -0.2) is 0 Å². The molecule has 0 radical (unpaired) electrons. The van der Waals surface area contributed by atoms with Crippen molar-refractivity contribution in [1.82, 2.24) is 14.2 Å². The van der Waals surface area contributed by atoms with Gasteiger partial charge in [0.1, 0.15) is 17.1 Å². The van der Waals surface area contributed by atoms with Crippen molar-refractivity contribution in [3.8, 4) is 5.75 Å². The molecule has 0 bridgehead atoms. The standard InChI is InChI=1S/C27H29F3N4O4S/c28-27(29,30)38-22-3-1-2-20(15-22)24-31-25(37)26(32-24)8-11-34(12-9-26)39-13-7-18-4-5-23-19(14-18)6-10-33(23)16-21(36)17-35/h1-6,10,14-15,21,35-36H,7-9,11-13,16-17H2,(H,31,32,37)/t21-/m0/s1. The van der Waals surface area contributed by atoms with Crippen molar-refractivity contribution in [2.24, 2.45) is 4.99 Å². The van der Waals surface area contributed by atoms with E-state index in [1.807, 2.05) is 22.9 Å². The van der Waals surface area contributed by atoms with Crippen LogP contribution in [0.15, 0.2) is 59.7 Å². The Morgan fingerprint density at radius 1 is 1.15 bits per heavy atom. The summed E-state index contributed by atoms with van der Waals surface area (Å²) in [5.41, 5.74) is 1.67. The van der Waals surface area contributed by atoms with E-state index in [-0.39, 0.29) is 24.1 Å². The molecule has 0 unspecified atom stereocenters. The topological polar surface area (TPSA) is 99.3 Å². The summed E-state index contributed by atoms with van der Waals surface area (Å²) in [6.45, 7) is 1.40. The van der Waals surface area contributed by atoms with Gasteiger partial charge in [-0.15, -0.1) is 13.2 Å². The number of ether oxygens (including phenoxy) is 1. The molecule has 2 aromatic carbocycles. The average molecular weight is 563 g/mol. The molecule has 1 fully saturated rings. The number of aromatic nitrogens is 1. The van der Waals surface area contributed by atoms with Crippen molar-refractivity contribution in [3.05, 3.63) is 65.9 Å². The number of aryl methyl sites for hydroxylation is 1. The molecule has 3 heterocycles. The molecule has 1 spiro atoms. The first-order chi connectivity index (χ1) is 18.6. The normalized spacial score (nSPS) is 18.4. The number of aliphatic hydroxyl groups is 2. The molecule has 5 rings (SSSR count). The Morgan fingerprint density at radius 2 is 1.95 bits per heavy atom. The first-order valence-corrected chi connectivity index (χ1v) is 13.6. The zero-order valence-electron chi connectivity index (χ0n) is 21.0.